The standard InChI is InChI=1S/C22H29N3O5/c1-4-27-18-13-16(14-19(28-5-2)21(18)29-6-3)22(26)25-11-7-17(8-12-25)30-20-15-23-9-10-24-20/h9-10,13-15,17H,4-8,11-12H2,1-3H3. The van der Waals surface area contributed by atoms with Crippen LogP contribution in [-0.4, -0.2) is 59.8 Å². The van der Waals surface area contributed by atoms with Gasteiger partial charge in [0, 0.05) is 43.9 Å². The molecule has 1 aliphatic rings. The summed E-state index contributed by atoms with van der Waals surface area (Å²) in [6.45, 7) is 8.31. The quantitative estimate of drug-likeness (QED) is 0.621. The van der Waals surface area contributed by atoms with Crippen LogP contribution in [0.5, 0.6) is 23.1 Å². The Labute approximate surface area is 177 Å². The van der Waals surface area contributed by atoms with E-state index in [0.29, 0.717) is 61.6 Å². The molecule has 1 aliphatic heterocycles. The average Bonchev–Trinajstić information content (AvgIpc) is 2.77. The molecule has 8 heteroatoms. The first kappa shape index (κ1) is 21.7. The third kappa shape index (κ3) is 5.31. The van der Waals surface area contributed by atoms with Crippen molar-refractivity contribution in [2.45, 2.75) is 39.7 Å². The molecule has 30 heavy (non-hydrogen) atoms. The predicted molar refractivity (Wildman–Crippen MR) is 112 cm³/mol. The van der Waals surface area contributed by atoms with Gasteiger partial charge in [0.2, 0.25) is 11.6 Å². The molecule has 1 amide bonds. The third-order valence-electron chi connectivity index (χ3n) is 4.71. The molecule has 0 radical (unpaired) electrons. The summed E-state index contributed by atoms with van der Waals surface area (Å²) in [5, 5.41) is 0. The van der Waals surface area contributed by atoms with E-state index in [1.54, 1.807) is 30.7 Å². The normalized spacial score (nSPS) is 14.3. The van der Waals surface area contributed by atoms with Crippen LogP contribution in [0.4, 0.5) is 0 Å². The maximum atomic E-state index is 13.2. The molecule has 0 atom stereocenters. The Morgan fingerprint density at radius 2 is 1.63 bits per heavy atom. The molecule has 0 aliphatic carbocycles. The molecule has 0 bridgehead atoms. The Balaban J connectivity index is 1.71. The van der Waals surface area contributed by atoms with E-state index >= 15 is 0 Å². The second kappa shape index (κ2) is 10.7. The Morgan fingerprint density at radius 3 is 2.17 bits per heavy atom. The summed E-state index contributed by atoms with van der Waals surface area (Å²) < 4.78 is 23.0. The molecule has 1 aromatic heterocycles. The summed E-state index contributed by atoms with van der Waals surface area (Å²) in [4.78, 5) is 23.1. The van der Waals surface area contributed by atoms with Gasteiger partial charge in [-0.3, -0.25) is 9.78 Å². The van der Waals surface area contributed by atoms with E-state index < -0.39 is 0 Å². The largest absolute Gasteiger partial charge is 0.490 e. The van der Waals surface area contributed by atoms with Crippen molar-refractivity contribution in [3.05, 3.63) is 36.3 Å². The van der Waals surface area contributed by atoms with Gasteiger partial charge in [0.1, 0.15) is 6.10 Å². The van der Waals surface area contributed by atoms with Gasteiger partial charge in [-0.2, -0.15) is 0 Å². The smallest absolute Gasteiger partial charge is 0.254 e. The molecule has 2 aromatic rings. The fourth-order valence-electron chi connectivity index (χ4n) is 3.39. The molecule has 0 spiro atoms. The van der Waals surface area contributed by atoms with E-state index in [0.717, 1.165) is 12.8 Å². The lowest BCUT2D eigenvalue weighted by molar-refractivity contribution is 0.0586. The van der Waals surface area contributed by atoms with Crippen LogP contribution in [0.25, 0.3) is 0 Å². The number of piperidine rings is 1. The first-order chi connectivity index (χ1) is 14.7. The van der Waals surface area contributed by atoms with Crippen LogP contribution in [0.3, 0.4) is 0 Å². The number of amides is 1. The van der Waals surface area contributed by atoms with Gasteiger partial charge in [-0.25, -0.2) is 4.98 Å². The van der Waals surface area contributed by atoms with Gasteiger partial charge in [0.25, 0.3) is 5.91 Å². The van der Waals surface area contributed by atoms with Gasteiger partial charge in [-0.1, -0.05) is 0 Å². The second-order valence-electron chi connectivity index (χ2n) is 6.75. The van der Waals surface area contributed by atoms with Gasteiger partial charge in [-0.05, 0) is 32.9 Å². The Kier molecular flexibility index (Phi) is 7.70. The number of aromatic nitrogens is 2. The van der Waals surface area contributed by atoms with Gasteiger partial charge in [0.05, 0.1) is 26.0 Å². The number of nitrogens with zero attached hydrogens (tertiary/aromatic N) is 3. The van der Waals surface area contributed by atoms with E-state index in [1.807, 2.05) is 25.7 Å². The number of likely N-dealkylation sites (tertiary alicyclic amines) is 1. The first-order valence-corrected chi connectivity index (χ1v) is 10.4. The van der Waals surface area contributed by atoms with Gasteiger partial charge in [-0.15, -0.1) is 0 Å². The minimum Gasteiger partial charge on any atom is -0.490 e. The van der Waals surface area contributed by atoms with Crippen LogP contribution >= 0.6 is 0 Å². The van der Waals surface area contributed by atoms with Crippen molar-refractivity contribution in [3.63, 3.8) is 0 Å². The van der Waals surface area contributed by atoms with E-state index in [-0.39, 0.29) is 12.0 Å². The van der Waals surface area contributed by atoms with Crippen LogP contribution in [-0.2, 0) is 0 Å². The van der Waals surface area contributed by atoms with Crippen molar-refractivity contribution in [3.8, 4) is 23.1 Å². The number of hydrogen-bond acceptors (Lipinski definition) is 7. The highest BCUT2D eigenvalue weighted by Gasteiger charge is 2.27. The van der Waals surface area contributed by atoms with E-state index in [2.05, 4.69) is 9.97 Å². The van der Waals surface area contributed by atoms with Crippen molar-refractivity contribution < 1.29 is 23.7 Å². The zero-order valence-corrected chi connectivity index (χ0v) is 17.8. The molecule has 162 valence electrons. The molecule has 8 nitrogen and oxygen atoms in total. The van der Waals surface area contributed by atoms with Gasteiger partial charge in [0.15, 0.2) is 11.5 Å². The minimum atomic E-state index is -0.0575. The maximum Gasteiger partial charge on any atom is 0.254 e. The molecule has 2 heterocycles. The minimum absolute atomic E-state index is 0.0176. The number of ether oxygens (including phenoxy) is 4. The fourth-order valence-corrected chi connectivity index (χ4v) is 3.39. The summed E-state index contributed by atoms with van der Waals surface area (Å²) in [7, 11) is 0. The molecule has 1 aromatic carbocycles. The van der Waals surface area contributed by atoms with Gasteiger partial charge < -0.3 is 23.8 Å². The van der Waals surface area contributed by atoms with E-state index in [4.69, 9.17) is 18.9 Å². The number of carbonyl (C=O) groups is 1. The van der Waals surface area contributed by atoms with Crippen molar-refractivity contribution >= 4 is 5.91 Å². The fraction of sp³-hybridized carbons (Fsp3) is 0.500. The maximum absolute atomic E-state index is 13.2. The molecule has 3 rings (SSSR count). The van der Waals surface area contributed by atoms with Crippen LogP contribution in [0.2, 0.25) is 0 Å². The predicted octanol–water partition coefficient (Wildman–Crippen LogP) is 3.36. The molecule has 0 N–H and O–H groups in total. The third-order valence-corrected chi connectivity index (χ3v) is 4.71. The second-order valence-corrected chi connectivity index (χ2v) is 6.75. The highest BCUT2D eigenvalue weighted by molar-refractivity contribution is 5.95. The lowest BCUT2D eigenvalue weighted by Gasteiger charge is -2.32. The highest BCUT2D eigenvalue weighted by Crippen LogP contribution is 2.39. The molecular weight excluding hydrogens is 386 g/mol. The van der Waals surface area contributed by atoms with Crippen molar-refractivity contribution in [1.29, 1.82) is 0 Å². The molecule has 1 saturated heterocycles. The highest BCUT2D eigenvalue weighted by atomic mass is 16.5. The van der Waals surface area contributed by atoms with Crippen LogP contribution in [0.15, 0.2) is 30.7 Å². The van der Waals surface area contributed by atoms with Crippen molar-refractivity contribution in [2.24, 2.45) is 0 Å². The monoisotopic (exact) mass is 415 g/mol. The summed E-state index contributed by atoms with van der Waals surface area (Å²) in [6, 6.07) is 3.48. The summed E-state index contributed by atoms with van der Waals surface area (Å²) >= 11 is 0. The number of rotatable bonds is 9. The van der Waals surface area contributed by atoms with Gasteiger partial charge >= 0.3 is 0 Å². The lowest BCUT2D eigenvalue weighted by atomic mass is 10.1. The zero-order chi connectivity index (χ0) is 21.3. The number of hydrogen-bond donors (Lipinski definition) is 0. The SMILES string of the molecule is CCOc1cc(C(=O)N2CCC(Oc3cnccn3)CC2)cc(OCC)c1OCC. The van der Waals surface area contributed by atoms with Crippen molar-refractivity contribution in [1.82, 2.24) is 14.9 Å². The van der Waals surface area contributed by atoms with Crippen LogP contribution < -0.4 is 18.9 Å². The topological polar surface area (TPSA) is 83.0 Å². The first-order valence-electron chi connectivity index (χ1n) is 10.4. The van der Waals surface area contributed by atoms with E-state index in [1.165, 1.54) is 0 Å². The zero-order valence-electron chi connectivity index (χ0n) is 17.8. The van der Waals surface area contributed by atoms with Crippen LogP contribution in [0, 0.1) is 0 Å². The summed E-state index contributed by atoms with van der Waals surface area (Å²) in [5.41, 5.74) is 0.527. The summed E-state index contributed by atoms with van der Waals surface area (Å²) in [5.74, 6) is 2.03. The Hall–Kier alpha value is -3.03. The molecule has 0 saturated carbocycles. The van der Waals surface area contributed by atoms with E-state index in [9.17, 15) is 4.79 Å². The lowest BCUT2D eigenvalue weighted by Crippen LogP contribution is -2.41. The molecular formula is C22H29N3O5. The number of benzene rings is 1. The average molecular weight is 415 g/mol. The Bertz CT molecular complexity index is 796. The van der Waals surface area contributed by atoms with Crippen LogP contribution in [0.1, 0.15) is 44.0 Å². The van der Waals surface area contributed by atoms with Crippen molar-refractivity contribution in [2.75, 3.05) is 32.9 Å². The molecule has 1 fully saturated rings. The number of carbonyl (C=O) groups excluding carboxylic acids is 1. The summed E-state index contributed by atoms with van der Waals surface area (Å²) in [6.07, 6.45) is 6.29. The molecule has 0 unspecified atom stereocenters. The Morgan fingerprint density at radius 1 is 1.00 bits per heavy atom.